The predicted octanol–water partition coefficient (Wildman–Crippen LogP) is 1.54. The Morgan fingerprint density at radius 1 is 1.47 bits per heavy atom. The fourth-order valence-electron chi connectivity index (χ4n) is 1.67. The summed E-state index contributed by atoms with van der Waals surface area (Å²) in [4.78, 5) is 11.3. The summed E-state index contributed by atoms with van der Waals surface area (Å²) in [7, 11) is 0. The summed E-state index contributed by atoms with van der Waals surface area (Å²) in [6, 6.07) is 0. The van der Waals surface area contributed by atoms with E-state index in [9.17, 15) is 4.79 Å². The number of hydrogen-bond donors (Lipinski definition) is 2. The van der Waals surface area contributed by atoms with Crippen molar-refractivity contribution in [2.75, 3.05) is 19.6 Å². The van der Waals surface area contributed by atoms with E-state index >= 15 is 0 Å². The molecule has 0 heterocycles. The molecule has 15 heavy (non-hydrogen) atoms. The highest BCUT2D eigenvalue weighted by molar-refractivity contribution is 5.77. The van der Waals surface area contributed by atoms with Crippen LogP contribution >= 0.6 is 0 Å². The largest absolute Gasteiger partial charge is 0.355 e. The highest BCUT2D eigenvalue weighted by Gasteiger charge is 2.21. The summed E-state index contributed by atoms with van der Waals surface area (Å²) in [5, 5.41) is 6.15. The maximum absolute atomic E-state index is 11.3. The summed E-state index contributed by atoms with van der Waals surface area (Å²) in [6.45, 7) is 6.72. The van der Waals surface area contributed by atoms with Gasteiger partial charge in [-0.15, -0.1) is 0 Å². The van der Waals surface area contributed by atoms with Crippen LogP contribution < -0.4 is 10.6 Å². The standard InChI is InChI=1S/C12H24N2O/c1-3-4-10(2)7-13-9-12(15)14-8-11-5-6-11/h10-11,13H,3-9H2,1-2H3,(H,14,15). The van der Waals surface area contributed by atoms with Gasteiger partial charge in [-0.2, -0.15) is 0 Å². The SMILES string of the molecule is CCCC(C)CNCC(=O)NCC1CC1. The quantitative estimate of drug-likeness (QED) is 0.641. The molecule has 1 amide bonds. The first-order valence-corrected chi connectivity index (χ1v) is 6.19. The number of carbonyl (C=O) groups excluding carboxylic acids is 1. The molecule has 0 aliphatic heterocycles. The molecule has 0 aromatic heterocycles. The highest BCUT2D eigenvalue weighted by Crippen LogP contribution is 2.27. The zero-order valence-corrected chi connectivity index (χ0v) is 10.0. The fourth-order valence-corrected chi connectivity index (χ4v) is 1.67. The lowest BCUT2D eigenvalue weighted by molar-refractivity contribution is -0.120. The van der Waals surface area contributed by atoms with Crippen molar-refractivity contribution < 1.29 is 4.79 Å². The van der Waals surface area contributed by atoms with Gasteiger partial charge in [-0.05, 0) is 37.6 Å². The lowest BCUT2D eigenvalue weighted by Crippen LogP contribution is -2.36. The molecule has 1 rings (SSSR count). The van der Waals surface area contributed by atoms with Crippen LogP contribution in [0, 0.1) is 11.8 Å². The minimum Gasteiger partial charge on any atom is -0.355 e. The zero-order valence-electron chi connectivity index (χ0n) is 10.0. The fraction of sp³-hybridized carbons (Fsp3) is 0.917. The molecule has 0 aromatic carbocycles. The van der Waals surface area contributed by atoms with E-state index in [0.717, 1.165) is 19.0 Å². The monoisotopic (exact) mass is 212 g/mol. The molecule has 3 heteroatoms. The van der Waals surface area contributed by atoms with E-state index in [1.54, 1.807) is 0 Å². The summed E-state index contributed by atoms with van der Waals surface area (Å²) in [6.07, 6.45) is 5.04. The van der Waals surface area contributed by atoms with E-state index in [0.29, 0.717) is 12.5 Å². The molecule has 1 aliphatic rings. The summed E-state index contributed by atoms with van der Waals surface area (Å²) in [5.74, 6) is 1.59. The third kappa shape index (κ3) is 6.50. The first-order valence-electron chi connectivity index (χ1n) is 6.19. The Hall–Kier alpha value is -0.570. The van der Waals surface area contributed by atoms with Gasteiger partial charge in [-0.25, -0.2) is 0 Å². The van der Waals surface area contributed by atoms with Crippen LogP contribution in [-0.4, -0.2) is 25.5 Å². The lowest BCUT2D eigenvalue weighted by Gasteiger charge is -2.11. The van der Waals surface area contributed by atoms with E-state index in [2.05, 4.69) is 24.5 Å². The Labute approximate surface area is 93.0 Å². The first kappa shape index (κ1) is 12.5. The van der Waals surface area contributed by atoms with Crippen LogP contribution in [0.5, 0.6) is 0 Å². The van der Waals surface area contributed by atoms with Gasteiger partial charge in [0.25, 0.3) is 0 Å². The molecule has 88 valence electrons. The molecule has 0 spiro atoms. The number of carbonyl (C=O) groups is 1. The van der Waals surface area contributed by atoms with Crippen molar-refractivity contribution in [1.82, 2.24) is 10.6 Å². The zero-order chi connectivity index (χ0) is 11.1. The van der Waals surface area contributed by atoms with Gasteiger partial charge in [0.2, 0.25) is 5.91 Å². The summed E-state index contributed by atoms with van der Waals surface area (Å²) < 4.78 is 0. The van der Waals surface area contributed by atoms with Gasteiger partial charge in [0, 0.05) is 6.54 Å². The topological polar surface area (TPSA) is 41.1 Å². The van der Waals surface area contributed by atoms with Crippen LogP contribution in [-0.2, 0) is 4.79 Å². The Morgan fingerprint density at radius 3 is 2.80 bits per heavy atom. The van der Waals surface area contributed by atoms with Gasteiger partial charge in [-0.3, -0.25) is 4.79 Å². The molecule has 1 fully saturated rings. The smallest absolute Gasteiger partial charge is 0.233 e. The molecule has 1 saturated carbocycles. The Kier molecular flexibility index (Phi) is 5.69. The lowest BCUT2D eigenvalue weighted by atomic mass is 10.1. The van der Waals surface area contributed by atoms with Crippen molar-refractivity contribution in [3.8, 4) is 0 Å². The van der Waals surface area contributed by atoms with Crippen molar-refractivity contribution in [2.24, 2.45) is 11.8 Å². The second-order valence-electron chi connectivity index (χ2n) is 4.77. The molecule has 1 atom stereocenters. The normalized spacial score (nSPS) is 17.5. The molecule has 2 N–H and O–H groups in total. The van der Waals surface area contributed by atoms with E-state index in [1.165, 1.54) is 25.7 Å². The Balaban J connectivity index is 1.91. The number of hydrogen-bond acceptors (Lipinski definition) is 2. The molecule has 0 radical (unpaired) electrons. The predicted molar refractivity (Wildman–Crippen MR) is 62.7 cm³/mol. The first-order chi connectivity index (χ1) is 7.22. The van der Waals surface area contributed by atoms with Gasteiger partial charge in [0.15, 0.2) is 0 Å². The minimum absolute atomic E-state index is 0.144. The van der Waals surface area contributed by atoms with Crippen molar-refractivity contribution in [3.63, 3.8) is 0 Å². The number of nitrogens with one attached hydrogen (secondary N) is 2. The van der Waals surface area contributed by atoms with Crippen LogP contribution in [0.3, 0.4) is 0 Å². The van der Waals surface area contributed by atoms with Crippen LogP contribution in [0.1, 0.15) is 39.5 Å². The highest BCUT2D eigenvalue weighted by atomic mass is 16.1. The van der Waals surface area contributed by atoms with E-state index in [4.69, 9.17) is 0 Å². The maximum Gasteiger partial charge on any atom is 0.233 e. The van der Waals surface area contributed by atoms with E-state index < -0.39 is 0 Å². The number of amides is 1. The average Bonchev–Trinajstić information content (AvgIpc) is 2.98. The minimum atomic E-state index is 0.144. The van der Waals surface area contributed by atoms with E-state index in [1.807, 2.05) is 0 Å². The number of rotatable bonds is 8. The van der Waals surface area contributed by atoms with Gasteiger partial charge in [0.05, 0.1) is 6.54 Å². The van der Waals surface area contributed by atoms with Crippen molar-refractivity contribution in [1.29, 1.82) is 0 Å². The van der Waals surface area contributed by atoms with E-state index in [-0.39, 0.29) is 5.91 Å². The molecular formula is C12H24N2O. The summed E-state index contributed by atoms with van der Waals surface area (Å²) >= 11 is 0. The Morgan fingerprint density at radius 2 is 2.20 bits per heavy atom. The van der Waals surface area contributed by atoms with Crippen LogP contribution in [0.2, 0.25) is 0 Å². The van der Waals surface area contributed by atoms with Crippen molar-refractivity contribution in [3.05, 3.63) is 0 Å². The molecular weight excluding hydrogens is 188 g/mol. The molecule has 0 saturated heterocycles. The van der Waals surface area contributed by atoms with Gasteiger partial charge in [-0.1, -0.05) is 20.3 Å². The maximum atomic E-state index is 11.3. The summed E-state index contributed by atoms with van der Waals surface area (Å²) in [5.41, 5.74) is 0. The van der Waals surface area contributed by atoms with Gasteiger partial charge in [0.1, 0.15) is 0 Å². The molecule has 1 unspecified atom stereocenters. The van der Waals surface area contributed by atoms with Gasteiger partial charge >= 0.3 is 0 Å². The third-order valence-electron chi connectivity index (χ3n) is 2.84. The van der Waals surface area contributed by atoms with Gasteiger partial charge < -0.3 is 10.6 Å². The van der Waals surface area contributed by atoms with Crippen LogP contribution in [0.4, 0.5) is 0 Å². The molecule has 0 bridgehead atoms. The molecule has 3 nitrogen and oxygen atoms in total. The molecule has 0 aromatic rings. The van der Waals surface area contributed by atoms with Crippen LogP contribution in [0.15, 0.2) is 0 Å². The molecule has 1 aliphatic carbocycles. The second kappa shape index (κ2) is 6.83. The van der Waals surface area contributed by atoms with Crippen molar-refractivity contribution >= 4 is 5.91 Å². The van der Waals surface area contributed by atoms with Crippen molar-refractivity contribution in [2.45, 2.75) is 39.5 Å². The average molecular weight is 212 g/mol. The second-order valence-corrected chi connectivity index (χ2v) is 4.77. The Bertz CT molecular complexity index is 190. The third-order valence-corrected chi connectivity index (χ3v) is 2.84. The van der Waals surface area contributed by atoms with Crippen LogP contribution in [0.25, 0.3) is 0 Å².